The van der Waals surface area contributed by atoms with Gasteiger partial charge in [-0.25, -0.2) is 9.69 Å². The molecule has 170 valence electrons. The number of nitriles is 1. The second-order valence-corrected chi connectivity index (χ2v) is 9.16. The molecule has 0 bridgehead atoms. The molecule has 6 nitrogen and oxygen atoms in total. The molecule has 0 atom stereocenters. The lowest BCUT2D eigenvalue weighted by molar-refractivity contribution is -0.125. The van der Waals surface area contributed by atoms with Crippen LogP contribution < -0.4 is 5.43 Å². The van der Waals surface area contributed by atoms with E-state index in [0.29, 0.717) is 37.7 Å². The van der Waals surface area contributed by atoms with Gasteiger partial charge in [0.05, 0.1) is 41.0 Å². The molecule has 1 N–H and O–H groups in total. The van der Waals surface area contributed by atoms with Gasteiger partial charge in [0.2, 0.25) is 5.91 Å². The van der Waals surface area contributed by atoms with Crippen LogP contribution in [0.2, 0.25) is 15.1 Å². The number of aromatic nitrogens is 2. The summed E-state index contributed by atoms with van der Waals surface area (Å²) >= 11 is 18.7. The Morgan fingerprint density at radius 1 is 1.03 bits per heavy atom. The number of carbonyl (C=O) groups excluding carboxylic acids is 1. The molecule has 3 aromatic rings. The van der Waals surface area contributed by atoms with Gasteiger partial charge in [0.25, 0.3) is 0 Å². The molecule has 1 saturated heterocycles. The Bertz CT molecular complexity index is 1190. The van der Waals surface area contributed by atoms with Crippen molar-refractivity contribution in [2.45, 2.75) is 32.1 Å². The number of benzene rings is 2. The van der Waals surface area contributed by atoms with Crippen LogP contribution in [0.4, 0.5) is 0 Å². The van der Waals surface area contributed by atoms with E-state index in [2.05, 4.69) is 11.5 Å². The summed E-state index contributed by atoms with van der Waals surface area (Å²) in [5, 5.41) is 17.8. The van der Waals surface area contributed by atoms with Crippen molar-refractivity contribution in [1.82, 2.24) is 20.2 Å². The molecule has 0 radical (unpaired) electrons. The number of carbonyl (C=O) groups is 1. The van der Waals surface area contributed by atoms with E-state index in [1.165, 1.54) is 6.42 Å². The summed E-state index contributed by atoms with van der Waals surface area (Å²) in [5.74, 6) is -0.161. The van der Waals surface area contributed by atoms with Gasteiger partial charge in [0.15, 0.2) is 0 Å². The molecule has 0 spiro atoms. The number of amides is 1. The number of piperidine rings is 1. The van der Waals surface area contributed by atoms with Crippen molar-refractivity contribution >= 4 is 40.7 Å². The third-order valence-corrected chi connectivity index (χ3v) is 6.33. The Balaban J connectivity index is 1.78. The number of hydrazine groups is 1. The van der Waals surface area contributed by atoms with Gasteiger partial charge in [-0.2, -0.15) is 10.4 Å². The highest BCUT2D eigenvalue weighted by atomic mass is 35.5. The number of nitrogens with zero attached hydrogens (tertiary/aromatic N) is 4. The zero-order valence-corrected chi connectivity index (χ0v) is 20.1. The number of nitrogens with one attached hydrogen (secondary N) is 1. The summed E-state index contributed by atoms with van der Waals surface area (Å²) < 4.78 is 1.68. The molecule has 0 aliphatic carbocycles. The van der Waals surface area contributed by atoms with Gasteiger partial charge >= 0.3 is 0 Å². The predicted molar refractivity (Wildman–Crippen MR) is 131 cm³/mol. The molecule has 1 fully saturated rings. The van der Waals surface area contributed by atoms with Gasteiger partial charge in [0.1, 0.15) is 0 Å². The molecule has 33 heavy (non-hydrogen) atoms. The Morgan fingerprint density at radius 2 is 1.73 bits per heavy atom. The first-order valence-electron chi connectivity index (χ1n) is 10.7. The van der Waals surface area contributed by atoms with Crippen LogP contribution in [0, 0.1) is 11.3 Å². The minimum Gasteiger partial charge on any atom is -0.289 e. The Labute approximate surface area is 207 Å². The maximum atomic E-state index is 12.8. The van der Waals surface area contributed by atoms with Gasteiger partial charge in [-0.1, -0.05) is 53.4 Å². The van der Waals surface area contributed by atoms with Crippen LogP contribution in [0.5, 0.6) is 0 Å². The normalized spacial score (nSPS) is 14.1. The van der Waals surface area contributed by atoms with Crippen LogP contribution in [0.15, 0.2) is 42.5 Å². The lowest BCUT2D eigenvalue weighted by Crippen LogP contribution is -2.45. The van der Waals surface area contributed by atoms with Crippen LogP contribution in [0.25, 0.3) is 16.9 Å². The molecule has 2 aromatic carbocycles. The Hall–Kier alpha value is -2.56. The highest BCUT2D eigenvalue weighted by molar-refractivity contribution is 6.35. The van der Waals surface area contributed by atoms with Gasteiger partial charge in [-0.3, -0.25) is 10.2 Å². The zero-order chi connectivity index (χ0) is 23.4. The summed E-state index contributed by atoms with van der Waals surface area (Å²) in [5.41, 5.74) is 6.29. The zero-order valence-electron chi connectivity index (χ0n) is 17.8. The average Bonchev–Trinajstić information content (AvgIpc) is 3.12. The maximum Gasteiger partial charge on any atom is 0.240 e. The fraction of sp³-hybridized carbons (Fsp3) is 0.292. The number of hydrogen-bond donors (Lipinski definition) is 1. The standard InChI is InChI=1S/C24H22Cl3N5O/c25-17-6-4-16(5-7-17)24-19(10-11-28)21(15-23(33)30-31-12-2-1-3-13-31)29-32(24)22-9-8-18(26)14-20(22)27/h4-9,14H,1-3,10,12-13,15H2,(H,30,33). The van der Waals surface area contributed by atoms with E-state index < -0.39 is 0 Å². The summed E-state index contributed by atoms with van der Waals surface area (Å²) in [6, 6.07) is 14.6. The van der Waals surface area contributed by atoms with Gasteiger partial charge in [-0.15, -0.1) is 0 Å². The minimum absolute atomic E-state index is 0.0479. The van der Waals surface area contributed by atoms with Gasteiger partial charge in [0, 0.05) is 34.3 Å². The number of rotatable bonds is 6. The summed E-state index contributed by atoms with van der Waals surface area (Å²) in [6.07, 6.45) is 3.44. The first-order chi connectivity index (χ1) is 16.0. The summed E-state index contributed by atoms with van der Waals surface area (Å²) in [7, 11) is 0. The van der Waals surface area contributed by atoms with E-state index in [0.717, 1.165) is 31.5 Å². The van der Waals surface area contributed by atoms with Crippen LogP contribution in [0.3, 0.4) is 0 Å². The summed E-state index contributed by atoms with van der Waals surface area (Å²) in [4.78, 5) is 12.8. The monoisotopic (exact) mass is 501 g/mol. The molecule has 2 heterocycles. The first kappa shape index (κ1) is 23.6. The lowest BCUT2D eigenvalue weighted by atomic mass is 10.0. The van der Waals surface area contributed by atoms with Gasteiger partial charge in [-0.05, 0) is 43.2 Å². The van der Waals surface area contributed by atoms with Crippen LogP contribution in [-0.4, -0.2) is 33.8 Å². The molecule has 1 aromatic heterocycles. The quantitative estimate of drug-likeness (QED) is 0.474. The molecule has 1 aliphatic heterocycles. The lowest BCUT2D eigenvalue weighted by Gasteiger charge is -2.26. The first-order valence-corrected chi connectivity index (χ1v) is 11.8. The van der Waals surface area contributed by atoms with Crippen molar-refractivity contribution in [3.05, 3.63) is 68.8 Å². The molecule has 0 unspecified atom stereocenters. The fourth-order valence-electron chi connectivity index (χ4n) is 4.01. The van der Waals surface area contributed by atoms with Crippen molar-refractivity contribution in [1.29, 1.82) is 5.26 Å². The van der Waals surface area contributed by atoms with E-state index in [1.54, 1.807) is 35.0 Å². The van der Waals surface area contributed by atoms with Crippen molar-refractivity contribution in [2.75, 3.05) is 13.1 Å². The molecule has 4 rings (SSSR count). The second kappa shape index (κ2) is 10.6. The second-order valence-electron chi connectivity index (χ2n) is 7.88. The SMILES string of the molecule is N#CCc1c(CC(=O)NN2CCCCC2)nn(-c2ccc(Cl)cc2Cl)c1-c1ccc(Cl)cc1. The predicted octanol–water partition coefficient (Wildman–Crippen LogP) is 5.63. The molecule has 0 saturated carbocycles. The van der Waals surface area contributed by atoms with E-state index in [-0.39, 0.29) is 18.7 Å². The molecule has 9 heteroatoms. The highest BCUT2D eigenvalue weighted by Gasteiger charge is 2.24. The van der Waals surface area contributed by atoms with Crippen LogP contribution >= 0.6 is 34.8 Å². The van der Waals surface area contributed by atoms with Crippen molar-refractivity contribution in [3.8, 4) is 23.0 Å². The molecular formula is C24H22Cl3N5O. The van der Waals surface area contributed by atoms with Crippen molar-refractivity contribution in [2.24, 2.45) is 0 Å². The number of halogens is 3. The van der Waals surface area contributed by atoms with Crippen molar-refractivity contribution < 1.29 is 4.79 Å². The fourth-order valence-corrected chi connectivity index (χ4v) is 4.62. The summed E-state index contributed by atoms with van der Waals surface area (Å²) in [6.45, 7) is 1.67. The molecule has 1 aliphatic rings. The van der Waals surface area contributed by atoms with E-state index >= 15 is 0 Å². The maximum absolute atomic E-state index is 12.8. The third-order valence-electron chi connectivity index (χ3n) is 5.54. The van der Waals surface area contributed by atoms with E-state index in [1.807, 2.05) is 17.1 Å². The van der Waals surface area contributed by atoms with Crippen molar-refractivity contribution in [3.63, 3.8) is 0 Å². The molecular weight excluding hydrogens is 481 g/mol. The topological polar surface area (TPSA) is 74.0 Å². The van der Waals surface area contributed by atoms with Gasteiger partial charge < -0.3 is 0 Å². The third kappa shape index (κ3) is 5.51. The smallest absolute Gasteiger partial charge is 0.240 e. The van der Waals surface area contributed by atoms with Crippen LogP contribution in [0.1, 0.15) is 30.5 Å². The van der Waals surface area contributed by atoms with E-state index in [4.69, 9.17) is 39.9 Å². The van der Waals surface area contributed by atoms with E-state index in [9.17, 15) is 10.1 Å². The number of hydrogen-bond acceptors (Lipinski definition) is 4. The average molecular weight is 503 g/mol. The van der Waals surface area contributed by atoms with Crippen LogP contribution in [-0.2, 0) is 17.6 Å². The highest BCUT2D eigenvalue weighted by Crippen LogP contribution is 2.34. The molecule has 1 amide bonds. The minimum atomic E-state index is -0.161. The Morgan fingerprint density at radius 3 is 2.39 bits per heavy atom. The Kier molecular flexibility index (Phi) is 7.56. The largest absolute Gasteiger partial charge is 0.289 e.